The molecule has 2 nitrogen and oxygen atoms in total. The van der Waals surface area contributed by atoms with Gasteiger partial charge in [-0.25, -0.2) is 0 Å². The van der Waals surface area contributed by atoms with Gasteiger partial charge in [0.05, 0.1) is 0 Å². The van der Waals surface area contributed by atoms with E-state index in [-0.39, 0.29) is 0 Å². The highest BCUT2D eigenvalue weighted by Gasteiger charge is 1.97. The van der Waals surface area contributed by atoms with Crippen molar-refractivity contribution in [2.24, 2.45) is 0 Å². The monoisotopic (exact) mass is 191 g/mol. The molecule has 0 aromatic carbocycles. The van der Waals surface area contributed by atoms with Crippen LogP contribution in [0.4, 0.5) is 0 Å². The first-order valence-electron chi connectivity index (χ1n) is 4.53. The average molecular weight is 191 g/mol. The summed E-state index contributed by atoms with van der Waals surface area (Å²) in [5.74, 6) is 0. The lowest BCUT2D eigenvalue weighted by Gasteiger charge is -2.08. The van der Waals surface area contributed by atoms with Crippen LogP contribution in [0.15, 0.2) is 0 Å². The summed E-state index contributed by atoms with van der Waals surface area (Å²) in [4.78, 5) is 0. The molecule has 0 rings (SSSR count). The topological polar surface area (TPSA) is 21.3 Å². The lowest BCUT2D eigenvalue weighted by Crippen LogP contribution is -2.20. The maximum Gasteiger partial charge on any atom is 0.0474 e. The van der Waals surface area contributed by atoms with E-state index in [0.717, 1.165) is 31.4 Å². The Hall–Kier alpha value is 0.270. The molecule has 74 valence electrons. The van der Waals surface area contributed by atoms with E-state index in [1.165, 1.54) is 6.42 Å². The van der Waals surface area contributed by atoms with Crippen molar-refractivity contribution < 1.29 is 4.74 Å². The van der Waals surface area contributed by atoms with E-state index in [9.17, 15) is 0 Å². The van der Waals surface area contributed by atoms with Gasteiger partial charge in [0.2, 0.25) is 0 Å². The molecular formula is C9H21NOS. The molecule has 12 heavy (non-hydrogen) atoms. The molecule has 0 aliphatic heterocycles. The Kier molecular flexibility index (Phi) is 9.57. The number of ether oxygens (including phenoxy) is 1. The van der Waals surface area contributed by atoms with Crippen molar-refractivity contribution >= 4 is 11.8 Å². The van der Waals surface area contributed by atoms with Crippen LogP contribution in [-0.4, -0.2) is 38.3 Å². The van der Waals surface area contributed by atoms with E-state index < -0.39 is 0 Å². The van der Waals surface area contributed by atoms with Gasteiger partial charge in [-0.2, -0.15) is 11.8 Å². The van der Waals surface area contributed by atoms with Crippen LogP contribution in [0.3, 0.4) is 0 Å². The second kappa shape index (κ2) is 9.36. The molecule has 0 amide bonds. The summed E-state index contributed by atoms with van der Waals surface area (Å²) in [6, 6.07) is 0. The van der Waals surface area contributed by atoms with Gasteiger partial charge in [0.25, 0.3) is 0 Å². The highest BCUT2D eigenvalue weighted by atomic mass is 32.2. The van der Waals surface area contributed by atoms with Gasteiger partial charge < -0.3 is 10.1 Å². The molecule has 1 atom stereocenters. The van der Waals surface area contributed by atoms with E-state index >= 15 is 0 Å². The number of nitrogens with one attached hydrogen (secondary N) is 1. The molecule has 0 fully saturated rings. The zero-order valence-electron chi connectivity index (χ0n) is 8.43. The van der Waals surface area contributed by atoms with Gasteiger partial charge in [-0.3, -0.25) is 0 Å². The molecule has 0 heterocycles. The third kappa shape index (κ3) is 8.37. The third-order valence-electron chi connectivity index (χ3n) is 1.83. The van der Waals surface area contributed by atoms with E-state index in [1.54, 1.807) is 7.11 Å². The molecule has 1 unspecified atom stereocenters. The van der Waals surface area contributed by atoms with Crippen LogP contribution in [0.2, 0.25) is 0 Å². The smallest absolute Gasteiger partial charge is 0.0474 e. The molecule has 0 aliphatic carbocycles. The van der Waals surface area contributed by atoms with Crippen molar-refractivity contribution in [1.29, 1.82) is 0 Å². The van der Waals surface area contributed by atoms with Crippen molar-refractivity contribution in [3.05, 3.63) is 0 Å². The quantitative estimate of drug-likeness (QED) is 0.591. The van der Waals surface area contributed by atoms with Crippen LogP contribution in [0.1, 0.15) is 19.8 Å². The lowest BCUT2D eigenvalue weighted by molar-refractivity contribution is 0.194. The summed E-state index contributed by atoms with van der Waals surface area (Å²) in [6.45, 7) is 5.34. The van der Waals surface area contributed by atoms with Crippen molar-refractivity contribution in [2.75, 3.05) is 33.1 Å². The van der Waals surface area contributed by atoms with Gasteiger partial charge in [0.15, 0.2) is 0 Å². The van der Waals surface area contributed by atoms with E-state index in [1.807, 2.05) is 11.8 Å². The van der Waals surface area contributed by atoms with Crippen molar-refractivity contribution in [3.8, 4) is 0 Å². The normalized spacial score (nSPS) is 13.2. The largest absolute Gasteiger partial charge is 0.385 e. The standard InChI is InChI=1S/C9H21NOS/c1-9(12-3)5-7-10-6-4-8-11-2/h9-10H,4-8H2,1-3H3. The molecular weight excluding hydrogens is 170 g/mol. The summed E-state index contributed by atoms with van der Waals surface area (Å²) < 4.78 is 4.95. The molecule has 0 aromatic rings. The second-order valence-electron chi connectivity index (χ2n) is 2.93. The Bertz CT molecular complexity index is 90.6. The van der Waals surface area contributed by atoms with Gasteiger partial charge >= 0.3 is 0 Å². The molecule has 0 spiro atoms. The zero-order valence-corrected chi connectivity index (χ0v) is 9.25. The molecule has 0 aromatic heterocycles. The number of hydrogen-bond donors (Lipinski definition) is 1. The minimum atomic E-state index is 0.778. The molecule has 0 bridgehead atoms. The van der Waals surface area contributed by atoms with E-state index in [4.69, 9.17) is 4.74 Å². The Morgan fingerprint density at radius 1 is 1.42 bits per heavy atom. The van der Waals surface area contributed by atoms with Gasteiger partial charge in [0, 0.05) is 19.0 Å². The maximum absolute atomic E-state index is 4.95. The molecule has 0 aliphatic rings. The van der Waals surface area contributed by atoms with Crippen LogP contribution < -0.4 is 5.32 Å². The predicted molar refractivity (Wildman–Crippen MR) is 57.0 cm³/mol. The van der Waals surface area contributed by atoms with Crippen LogP contribution in [0.5, 0.6) is 0 Å². The highest BCUT2D eigenvalue weighted by Crippen LogP contribution is 2.07. The summed E-state index contributed by atoms with van der Waals surface area (Å²) >= 11 is 1.93. The van der Waals surface area contributed by atoms with E-state index in [0.29, 0.717) is 0 Å². The molecule has 1 N–H and O–H groups in total. The van der Waals surface area contributed by atoms with Crippen LogP contribution in [0, 0.1) is 0 Å². The first-order chi connectivity index (χ1) is 5.81. The fourth-order valence-electron chi connectivity index (χ4n) is 0.890. The number of rotatable bonds is 8. The number of methoxy groups -OCH3 is 1. The average Bonchev–Trinajstić information content (AvgIpc) is 2.10. The van der Waals surface area contributed by atoms with Gasteiger partial charge in [-0.05, 0) is 32.2 Å². The first kappa shape index (κ1) is 12.3. The van der Waals surface area contributed by atoms with Crippen LogP contribution >= 0.6 is 11.8 Å². The van der Waals surface area contributed by atoms with Crippen LogP contribution in [-0.2, 0) is 4.74 Å². The fraction of sp³-hybridized carbons (Fsp3) is 1.00. The van der Waals surface area contributed by atoms with Crippen molar-refractivity contribution in [2.45, 2.75) is 25.0 Å². The molecule has 0 saturated carbocycles. The third-order valence-corrected chi connectivity index (χ3v) is 2.87. The van der Waals surface area contributed by atoms with Crippen molar-refractivity contribution in [1.82, 2.24) is 5.32 Å². The first-order valence-corrected chi connectivity index (χ1v) is 5.82. The van der Waals surface area contributed by atoms with Crippen LogP contribution in [0.25, 0.3) is 0 Å². The summed E-state index contributed by atoms with van der Waals surface area (Å²) in [5.41, 5.74) is 0. The Morgan fingerprint density at radius 2 is 2.17 bits per heavy atom. The Balaban J connectivity index is 2.90. The molecule has 0 radical (unpaired) electrons. The molecule has 0 saturated heterocycles. The van der Waals surface area contributed by atoms with Crippen molar-refractivity contribution in [3.63, 3.8) is 0 Å². The van der Waals surface area contributed by atoms with Gasteiger partial charge in [-0.1, -0.05) is 6.92 Å². The number of hydrogen-bond acceptors (Lipinski definition) is 3. The summed E-state index contributed by atoms with van der Waals surface area (Å²) in [5, 5.41) is 4.17. The second-order valence-corrected chi connectivity index (χ2v) is 4.21. The zero-order chi connectivity index (χ0) is 9.23. The highest BCUT2D eigenvalue weighted by molar-refractivity contribution is 7.99. The molecule has 3 heteroatoms. The Labute approximate surface area is 80.4 Å². The maximum atomic E-state index is 4.95. The lowest BCUT2D eigenvalue weighted by atomic mass is 10.3. The summed E-state index contributed by atoms with van der Waals surface area (Å²) in [6.07, 6.45) is 4.54. The van der Waals surface area contributed by atoms with Gasteiger partial charge in [0.1, 0.15) is 0 Å². The van der Waals surface area contributed by atoms with Gasteiger partial charge in [-0.15, -0.1) is 0 Å². The number of thioether (sulfide) groups is 1. The Morgan fingerprint density at radius 3 is 2.75 bits per heavy atom. The fourth-order valence-corrected chi connectivity index (χ4v) is 1.24. The SMILES string of the molecule is COCCCNCCC(C)SC. The predicted octanol–water partition coefficient (Wildman–Crippen LogP) is 1.75. The minimum absolute atomic E-state index is 0.778. The minimum Gasteiger partial charge on any atom is -0.385 e. The van der Waals surface area contributed by atoms with E-state index in [2.05, 4.69) is 18.5 Å². The summed E-state index contributed by atoms with van der Waals surface area (Å²) in [7, 11) is 1.75.